The number of aliphatic hydroxyl groups excluding tert-OH is 1. The number of benzene rings is 1. The number of nitriles is 1. The number of rotatable bonds is 8. The summed E-state index contributed by atoms with van der Waals surface area (Å²) in [7, 11) is 0. The van der Waals surface area contributed by atoms with Crippen LogP contribution in [-0.4, -0.2) is 37.3 Å². The minimum absolute atomic E-state index is 0.00129. The van der Waals surface area contributed by atoms with Gasteiger partial charge in [-0.1, -0.05) is 19.1 Å². The van der Waals surface area contributed by atoms with E-state index in [1.807, 2.05) is 37.3 Å². The summed E-state index contributed by atoms with van der Waals surface area (Å²) in [6.07, 6.45) is 1.57. The first-order chi connectivity index (χ1) is 11.0. The third-order valence-corrected chi connectivity index (χ3v) is 3.62. The van der Waals surface area contributed by atoms with Gasteiger partial charge < -0.3 is 15.3 Å². The molecule has 2 N–H and O–H groups in total. The maximum atomic E-state index is 12.0. The van der Waals surface area contributed by atoms with Gasteiger partial charge in [0.05, 0.1) is 0 Å². The van der Waals surface area contributed by atoms with Crippen LogP contribution in [0, 0.1) is 17.2 Å². The van der Waals surface area contributed by atoms with Crippen molar-refractivity contribution in [2.45, 2.75) is 20.8 Å². The van der Waals surface area contributed by atoms with E-state index in [9.17, 15) is 4.79 Å². The average molecular weight is 315 g/mol. The first-order valence-corrected chi connectivity index (χ1v) is 7.91. The molecule has 23 heavy (non-hydrogen) atoms. The molecule has 0 bridgehead atoms. The summed E-state index contributed by atoms with van der Waals surface area (Å²) in [6.45, 7) is 8.22. The Kier molecular flexibility index (Phi) is 7.86. The molecule has 0 aliphatic heterocycles. The number of amides is 1. The fraction of sp³-hybridized carbons (Fsp3) is 0.444. The maximum Gasteiger partial charge on any atom is 0.261 e. The van der Waals surface area contributed by atoms with E-state index in [2.05, 4.69) is 24.1 Å². The molecule has 0 heterocycles. The van der Waals surface area contributed by atoms with Crippen LogP contribution in [0.5, 0.6) is 0 Å². The Hall–Kier alpha value is -2.32. The Morgan fingerprint density at radius 1 is 1.35 bits per heavy atom. The molecule has 1 amide bonds. The van der Waals surface area contributed by atoms with Gasteiger partial charge in [0.2, 0.25) is 0 Å². The number of hydrogen-bond acceptors (Lipinski definition) is 4. The molecule has 0 fully saturated rings. The van der Waals surface area contributed by atoms with E-state index in [-0.39, 0.29) is 18.1 Å². The van der Waals surface area contributed by atoms with Crippen LogP contribution in [0.3, 0.4) is 0 Å². The van der Waals surface area contributed by atoms with Crippen LogP contribution in [0.4, 0.5) is 5.69 Å². The molecule has 5 heteroatoms. The molecule has 0 saturated heterocycles. The van der Waals surface area contributed by atoms with E-state index < -0.39 is 5.91 Å². The smallest absolute Gasteiger partial charge is 0.261 e. The predicted octanol–water partition coefficient (Wildman–Crippen LogP) is 2.18. The highest BCUT2D eigenvalue weighted by molar-refractivity contribution is 6.01. The number of carbonyl (C=O) groups is 1. The number of carbonyl (C=O) groups excluding carboxylic acids is 1. The van der Waals surface area contributed by atoms with Crippen molar-refractivity contribution in [3.8, 4) is 6.07 Å². The summed E-state index contributed by atoms with van der Waals surface area (Å²) < 4.78 is 0. The van der Waals surface area contributed by atoms with E-state index >= 15 is 0 Å². The lowest BCUT2D eigenvalue weighted by atomic mass is 10.1. The van der Waals surface area contributed by atoms with Crippen LogP contribution in [0.2, 0.25) is 0 Å². The molecule has 124 valence electrons. The summed E-state index contributed by atoms with van der Waals surface area (Å²) in [6, 6.07) is 9.69. The lowest BCUT2D eigenvalue weighted by Gasteiger charge is -2.20. The molecule has 0 aliphatic carbocycles. The minimum atomic E-state index is -0.416. The molecule has 1 aromatic rings. The molecule has 1 atom stereocenters. The van der Waals surface area contributed by atoms with Crippen LogP contribution < -0.4 is 10.2 Å². The van der Waals surface area contributed by atoms with Gasteiger partial charge in [-0.15, -0.1) is 0 Å². The number of nitrogens with one attached hydrogen (secondary N) is 1. The SMILES string of the molecule is CCN(CC)c1ccc(/C=C(\C#N)C(=O)NCC(C)CO)cc1. The monoisotopic (exact) mass is 315 g/mol. The van der Waals surface area contributed by atoms with E-state index in [1.165, 1.54) is 0 Å². The minimum Gasteiger partial charge on any atom is -0.396 e. The van der Waals surface area contributed by atoms with Crippen LogP contribution in [0.25, 0.3) is 6.08 Å². The zero-order chi connectivity index (χ0) is 17.2. The van der Waals surface area contributed by atoms with Gasteiger partial charge in [-0.25, -0.2) is 0 Å². The van der Waals surface area contributed by atoms with Gasteiger partial charge in [0.25, 0.3) is 5.91 Å². The molecule has 0 spiro atoms. The first-order valence-electron chi connectivity index (χ1n) is 7.91. The molecule has 1 aromatic carbocycles. The molecule has 0 aromatic heterocycles. The maximum absolute atomic E-state index is 12.0. The second kappa shape index (κ2) is 9.65. The Morgan fingerprint density at radius 2 is 1.96 bits per heavy atom. The number of hydrogen-bond donors (Lipinski definition) is 2. The van der Waals surface area contributed by atoms with Crippen molar-refractivity contribution < 1.29 is 9.90 Å². The average Bonchev–Trinajstić information content (AvgIpc) is 2.59. The van der Waals surface area contributed by atoms with Gasteiger partial charge in [-0.05, 0) is 43.5 Å². The Balaban J connectivity index is 2.82. The molecule has 1 unspecified atom stereocenters. The fourth-order valence-corrected chi connectivity index (χ4v) is 2.11. The summed E-state index contributed by atoms with van der Waals surface area (Å²) in [4.78, 5) is 14.2. The number of anilines is 1. The van der Waals surface area contributed by atoms with Gasteiger partial charge in [-0.2, -0.15) is 5.26 Å². The van der Waals surface area contributed by atoms with Crippen LogP contribution in [-0.2, 0) is 4.79 Å². The van der Waals surface area contributed by atoms with E-state index in [0.717, 1.165) is 24.3 Å². The Morgan fingerprint density at radius 3 is 2.43 bits per heavy atom. The van der Waals surface area contributed by atoms with Gasteiger partial charge in [-0.3, -0.25) is 4.79 Å². The third kappa shape index (κ3) is 5.76. The highest BCUT2D eigenvalue weighted by Crippen LogP contribution is 2.16. The molecular weight excluding hydrogens is 290 g/mol. The van der Waals surface area contributed by atoms with Gasteiger partial charge in [0.1, 0.15) is 11.6 Å². The zero-order valence-corrected chi connectivity index (χ0v) is 14.0. The van der Waals surface area contributed by atoms with Crippen LogP contribution in [0.1, 0.15) is 26.3 Å². The fourth-order valence-electron chi connectivity index (χ4n) is 2.11. The Bertz CT molecular complexity index is 569. The van der Waals surface area contributed by atoms with E-state index in [4.69, 9.17) is 10.4 Å². The third-order valence-electron chi connectivity index (χ3n) is 3.62. The molecule has 1 rings (SSSR count). The quantitative estimate of drug-likeness (QED) is 0.569. The molecule has 0 saturated carbocycles. The normalized spacial score (nSPS) is 12.4. The van der Waals surface area contributed by atoms with Crippen molar-refractivity contribution in [2.75, 3.05) is 31.1 Å². The number of aliphatic hydroxyl groups is 1. The molecule has 0 aliphatic rings. The second-order valence-electron chi connectivity index (χ2n) is 5.43. The van der Waals surface area contributed by atoms with Gasteiger partial charge in [0, 0.05) is 31.9 Å². The van der Waals surface area contributed by atoms with Crippen LogP contribution in [0.15, 0.2) is 29.8 Å². The summed E-state index contributed by atoms with van der Waals surface area (Å²) in [5.74, 6) is -0.451. The molecular formula is C18H25N3O2. The summed E-state index contributed by atoms with van der Waals surface area (Å²) in [5, 5.41) is 20.8. The van der Waals surface area contributed by atoms with Gasteiger partial charge in [0.15, 0.2) is 0 Å². The largest absolute Gasteiger partial charge is 0.396 e. The van der Waals surface area contributed by atoms with Crippen molar-refractivity contribution in [3.63, 3.8) is 0 Å². The van der Waals surface area contributed by atoms with E-state index in [0.29, 0.717) is 6.54 Å². The van der Waals surface area contributed by atoms with Crippen molar-refractivity contribution in [2.24, 2.45) is 5.92 Å². The molecule has 0 radical (unpaired) electrons. The van der Waals surface area contributed by atoms with Crippen molar-refractivity contribution in [1.29, 1.82) is 5.26 Å². The molecule has 5 nitrogen and oxygen atoms in total. The highest BCUT2D eigenvalue weighted by Gasteiger charge is 2.10. The van der Waals surface area contributed by atoms with Crippen molar-refractivity contribution in [1.82, 2.24) is 5.32 Å². The second-order valence-corrected chi connectivity index (χ2v) is 5.43. The number of nitrogens with zero attached hydrogens (tertiary/aromatic N) is 2. The lowest BCUT2D eigenvalue weighted by molar-refractivity contribution is -0.117. The predicted molar refractivity (Wildman–Crippen MR) is 92.9 cm³/mol. The summed E-state index contributed by atoms with van der Waals surface area (Å²) in [5.41, 5.74) is 1.99. The standard InChI is InChI=1S/C18H25N3O2/c1-4-21(5-2)17-8-6-15(7-9-17)10-16(11-19)18(23)20-12-14(3)13-22/h6-10,14,22H,4-5,12-13H2,1-3H3,(H,20,23)/b16-10+. The highest BCUT2D eigenvalue weighted by atomic mass is 16.3. The lowest BCUT2D eigenvalue weighted by Crippen LogP contribution is -2.30. The van der Waals surface area contributed by atoms with E-state index in [1.54, 1.807) is 6.08 Å². The van der Waals surface area contributed by atoms with Gasteiger partial charge >= 0.3 is 0 Å². The summed E-state index contributed by atoms with van der Waals surface area (Å²) >= 11 is 0. The topological polar surface area (TPSA) is 76.4 Å². The van der Waals surface area contributed by atoms with Crippen molar-refractivity contribution >= 4 is 17.7 Å². The zero-order valence-electron chi connectivity index (χ0n) is 14.0. The van der Waals surface area contributed by atoms with Crippen LogP contribution >= 0.6 is 0 Å². The Labute approximate surface area is 138 Å². The van der Waals surface area contributed by atoms with Crippen molar-refractivity contribution in [3.05, 3.63) is 35.4 Å². The first kappa shape index (κ1) is 18.7.